The normalized spacial score (nSPS) is 17.0. The van der Waals surface area contributed by atoms with Crippen LogP contribution in [0.3, 0.4) is 0 Å². The topological polar surface area (TPSA) is 70.8 Å². The van der Waals surface area contributed by atoms with Crippen molar-refractivity contribution in [1.82, 2.24) is 4.90 Å². The number of aliphatic carboxylic acids is 1. The number of furan rings is 1. The molecule has 5 nitrogen and oxygen atoms in total. The molecule has 1 aromatic heterocycles. The molecule has 1 N–H and O–H groups in total. The minimum atomic E-state index is -0.946. The van der Waals surface area contributed by atoms with Gasteiger partial charge in [-0.1, -0.05) is 30.3 Å². The van der Waals surface area contributed by atoms with E-state index < -0.39 is 11.4 Å². The monoisotopic (exact) mass is 333 g/mol. The number of carboxylic acids is 1. The van der Waals surface area contributed by atoms with Gasteiger partial charge in [0.05, 0.1) is 5.41 Å². The van der Waals surface area contributed by atoms with Crippen LogP contribution in [0.25, 0.3) is 0 Å². The molecule has 120 valence electrons. The highest BCUT2D eigenvalue weighted by atomic mass is 35.5. The first-order valence-corrected chi connectivity index (χ1v) is 7.74. The summed E-state index contributed by atoms with van der Waals surface area (Å²) in [6, 6.07) is 12.2. The molecule has 0 radical (unpaired) electrons. The molecule has 0 bridgehead atoms. The number of carboxylic acid groups (broad SMARTS) is 1. The highest BCUT2D eigenvalue weighted by Crippen LogP contribution is 2.36. The van der Waals surface area contributed by atoms with Gasteiger partial charge in [-0.05, 0) is 42.1 Å². The van der Waals surface area contributed by atoms with Gasteiger partial charge in [-0.2, -0.15) is 0 Å². The van der Waals surface area contributed by atoms with E-state index in [9.17, 15) is 14.7 Å². The first kappa shape index (κ1) is 15.6. The lowest BCUT2D eigenvalue weighted by Gasteiger charge is -2.38. The molecular weight excluding hydrogens is 318 g/mol. The lowest BCUT2D eigenvalue weighted by molar-refractivity contribution is -0.145. The van der Waals surface area contributed by atoms with Gasteiger partial charge in [0.2, 0.25) is 0 Å². The van der Waals surface area contributed by atoms with Gasteiger partial charge in [-0.15, -0.1) is 0 Å². The summed E-state index contributed by atoms with van der Waals surface area (Å²) in [5, 5.41) is 9.91. The van der Waals surface area contributed by atoms with Gasteiger partial charge in [-0.3, -0.25) is 9.59 Å². The number of nitrogens with zero attached hydrogens (tertiary/aromatic N) is 1. The average molecular weight is 334 g/mol. The van der Waals surface area contributed by atoms with Crippen molar-refractivity contribution in [2.24, 2.45) is 0 Å². The highest BCUT2D eigenvalue weighted by molar-refractivity contribution is 6.29. The Hall–Kier alpha value is -2.27. The summed E-state index contributed by atoms with van der Waals surface area (Å²) >= 11 is 5.70. The SMILES string of the molecule is O=C(c1ccc(Cl)o1)N1CCC(C(=O)O)(c2ccccc2)CC1. The van der Waals surface area contributed by atoms with E-state index in [2.05, 4.69) is 0 Å². The molecule has 1 aliphatic heterocycles. The fourth-order valence-corrected chi connectivity index (χ4v) is 3.21. The molecule has 0 unspecified atom stereocenters. The minimum Gasteiger partial charge on any atom is -0.481 e. The third-order valence-corrected chi connectivity index (χ3v) is 4.63. The van der Waals surface area contributed by atoms with Crippen molar-refractivity contribution in [3.05, 3.63) is 59.0 Å². The lowest BCUT2D eigenvalue weighted by atomic mass is 9.73. The van der Waals surface area contributed by atoms with E-state index >= 15 is 0 Å². The maximum absolute atomic E-state index is 12.4. The van der Waals surface area contributed by atoms with E-state index in [1.165, 1.54) is 12.1 Å². The van der Waals surface area contributed by atoms with E-state index in [1.54, 1.807) is 4.90 Å². The molecule has 1 aliphatic rings. The Morgan fingerprint density at radius 2 is 1.74 bits per heavy atom. The maximum Gasteiger partial charge on any atom is 0.314 e. The Kier molecular flexibility index (Phi) is 4.13. The van der Waals surface area contributed by atoms with Crippen LogP contribution >= 0.6 is 11.6 Å². The fourth-order valence-electron chi connectivity index (χ4n) is 3.06. The van der Waals surface area contributed by atoms with Crippen molar-refractivity contribution >= 4 is 23.5 Å². The first-order valence-electron chi connectivity index (χ1n) is 7.36. The van der Waals surface area contributed by atoms with Gasteiger partial charge in [0, 0.05) is 13.1 Å². The van der Waals surface area contributed by atoms with E-state index in [0.29, 0.717) is 25.9 Å². The van der Waals surface area contributed by atoms with Crippen LogP contribution in [0.2, 0.25) is 5.22 Å². The molecule has 0 aliphatic carbocycles. The summed E-state index contributed by atoms with van der Waals surface area (Å²) in [4.78, 5) is 25.9. The summed E-state index contributed by atoms with van der Waals surface area (Å²) in [6.45, 7) is 0.719. The highest BCUT2D eigenvalue weighted by Gasteiger charge is 2.44. The van der Waals surface area contributed by atoms with E-state index in [0.717, 1.165) is 5.56 Å². The standard InChI is InChI=1S/C17H16ClNO4/c18-14-7-6-13(23-14)15(20)19-10-8-17(9-11-19,16(21)22)12-4-2-1-3-5-12/h1-7H,8-11H2,(H,21,22). The molecule has 1 amide bonds. The summed E-state index contributed by atoms with van der Waals surface area (Å²) in [5.41, 5.74) is -0.167. The van der Waals surface area contributed by atoms with Crippen LogP contribution in [-0.4, -0.2) is 35.0 Å². The van der Waals surface area contributed by atoms with Gasteiger partial charge in [0.25, 0.3) is 5.91 Å². The molecule has 0 atom stereocenters. The first-order chi connectivity index (χ1) is 11.0. The summed E-state index contributed by atoms with van der Waals surface area (Å²) < 4.78 is 5.14. The Bertz CT molecular complexity index is 717. The number of benzene rings is 1. The molecule has 1 saturated heterocycles. The molecule has 0 spiro atoms. The fraction of sp³-hybridized carbons (Fsp3) is 0.294. The van der Waals surface area contributed by atoms with Crippen LogP contribution in [0, 0.1) is 0 Å². The minimum absolute atomic E-state index is 0.162. The second-order valence-corrected chi connectivity index (χ2v) is 6.02. The second kappa shape index (κ2) is 6.08. The number of piperidine rings is 1. The molecule has 6 heteroatoms. The van der Waals surface area contributed by atoms with Crippen LogP contribution in [0.4, 0.5) is 0 Å². The molecule has 0 saturated carbocycles. The molecule has 2 heterocycles. The zero-order valence-corrected chi connectivity index (χ0v) is 13.1. The van der Waals surface area contributed by atoms with Crippen molar-refractivity contribution in [2.75, 3.05) is 13.1 Å². The smallest absolute Gasteiger partial charge is 0.314 e. The Morgan fingerprint density at radius 1 is 1.09 bits per heavy atom. The number of carbonyl (C=O) groups is 2. The number of amides is 1. The van der Waals surface area contributed by atoms with Gasteiger partial charge >= 0.3 is 5.97 Å². The Labute approximate surface area is 138 Å². The molecule has 3 rings (SSSR count). The Balaban J connectivity index is 1.78. The van der Waals surface area contributed by atoms with Crippen LogP contribution in [-0.2, 0) is 10.2 Å². The van der Waals surface area contributed by atoms with Crippen molar-refractivity contribution in [2.45, 2.75) is 18.3 Å². The van der Waals surface area contributed by atoms with Crippen molar-refractivity contribution in [1.29, 1.82) is 0 Å². The van der Waals surface area contributed by atoms with Crippen LogP contribution in [0.1, 0.15) is 29.0 Å². The third kappa shape index (κ3) is 2.84. The zero-order chi connectivity index (χ0) is 16.4. The second-order valence-electron chi connectivity index (χ2n) is 5.65. The van der Waals surface area contributed by atoms with Gasteiger partial charge in [0.15, 0.2) is 11.0 Å². The predicted octanol–water partition coefficient (Wildman–Crippen LogP) is 3.19. The van der Waals surface area contributed by atoms with Crippen LogP contribution < -0.4 is 0 Å². The number of hydrogen-bond donors (Lipinski definition) is 1. The van der Waals surface area contributed by atoms with Crippen molar-refractivity contribution in [3.8, 4) is 0 Å². The summed E-state index contributed by atoms with van der Waals surface area (Å²) in [7, 11) is 0. The Morgan fingerprint density at radius 3 is 2.26 bits per heavy atom. The third-order valence-electron chi connectivity index (χ3n) is 4.42. The maximum atomic E-state index is 12.4. The predicted molar refractivity (Wildman–Crippen MR) is 84.6 cm³/mol. The molecule has 23 heavy (non-hydrogen) atoms. The quantitative estimate of drug-likeness (QED) is 0.936. The molecule has 1 fully saturated rings. The van der Waals surface area contributed by atoms with E-state index in [4.69, 9.17) is 16.0 Å². The van der Waals surface area contributed by atoms with E-state index in [1.807, 2.05) is 30.3 Å². The lowest BCUT2D eigenvalue weighted by Crippen LogP contribution is -2.49. The van der Waals surface area contributed by atoms with Gasteiger partial charge in [0.1, 0.15) is 0 Å². The molecular formula is C17H16ClNO4. The van der Waals surface area contributed by atoms with Crippen LogP contribution in [0.5, 0.6) is 0 Å². The van der Waals surface area contributed by atoms with E-state index in [-0.39, 0.29) is 16.9 Å². The van der Waals surface area contributed by atoms with Gasteiger partial charge < -0.3 is 14.4 Å². The largest absolute Gasteiger partial charge is 0.481 e. The zero-order valence-electron chi connectivity index (χ0n) is 12.4. The summed E-state index contributed by atoms with van der Waals surface area (Å²) in [6.07, 6.45) is 0.735. The number of carbonyl (C=O) groups excluding carboxylic acids is 1. The van der Waals surface area contributed by atoms with Crippen molar-refractivity contribution in [3.63, 3.8) is 0 Å². The van der Waals surface area contributed by atoms with Crippen molar-refractivity contribution < 1.29 is 19.1 Å². The van der Waals surface area contributed by atoms with Crippen LogP contribution in [0.15, 0.2) is 46.9 Å². The molecule has 2 aromatic rings. The number of likely N-dealkylation sites (tertiary alicyclic amines) is 1. The summed E-state index contributed by atoms with van der Waals surface area (Å²) in [5.74, 6) is -0.932. The average Bonchev–Trinajstić information content (AvgIpc) is 3.01. The number of rotatable bonds is 3. The number of halogens is 1. The molecule has 1 aromatic carbocycles. The van der Waals surface area contributed by atoms with Gasteiger partial charge in [-0.25, -0.2) is 0 Å². The number of hydrogen-bond acceptors (Lipinski definition) is 3.